The van der Waals surface area contributed by atoms with Gasteiger partial charge in [-0.3, -0.25) is 0 Å². The highest BCUT2D eigenvalue weighted by Gasteiger charge is 1.91. The van der Waals surface area contributed by atoms with Gasteiger partial charge in [0, 0.05) is 0 Å². The van der Waals surface area contributed by atoms with Gasteiger partial charge in [-0.1, -0.05) is 54.9 Å². The van der Waals surface area contributed by atoms with Crippen LogP contribution in [0, 0.1) is 5.92 Å². The maximum atomic E-state index is 3.39. The van der Waals surface area contributed by atoms with Crippen LogP contribution in [-0.2, 0) is 0 Å². The van der Waals surface area contributed by atoms with Crippen LogP contribution in [0.3, 0.4) is 0 Å². The van der Waals surface area contributed by atoms with Crippen molar-refractivity contribution in [2.24, 2.45) is 5.92 Å². The van der Waals surface area contributed by atoms with Crippen molar-refractivity contribution in [3.05, 3.63) is 0 Å². The molecule has 0 aromatic rings. The topological polar surface area (TPSA) is 12.0 Å². The number of nitrogens with one attached hydrogen (secondary N) is 1. The third-order valence-corrected chi connectivity index (χ3v) is 1.56. The fraction of sp³-hybridized carbons (Fsp3) is 1.00. The van der Waals surface area contributed by atoms with Crippen molar-refractivity contribution in [2.45, 2.75) is 74.1 Å². The lowest BCUT2D eigenvalue weighted by molar-refractivity contribution is 0.527. The monoisotopic (exact) mass is 217 g/mol. The van der Waals surface area contributed by atoms with E-state index in [4.69, 9.17) is 0 Å². The normalized spacial score (nSPS) is 8.80. The average molecular weight is 217 g/mol. The zero-order valence-corrected chi connectivity index (χ0v) is 12.3. The first-order valence-corrected chi connectivity index (χ1v) is 6.89. The summed E-state index contributed by atoms with van der Waals surface area (Å²) in [6.45, 7) is 17.4. The average Bonchev–Trinajstić information content (AvgIpc) is 2.21. The van der Waals surface area contributed by atoms with Gasteiger partial charge in [-0.25, -0.2) is 0 Å². The minimum atomic E-state index is 0.864. The van der Waals surface area contributed by atoms with Crippen LogP contribution in [-0.4, -0.2) is 13.1 Å². The zero-order chi connectivity index (χ0) is 12.5. The maximum Gasteiger partial charge on any atom is -0.00488 e. The molecule has 1 N–H and O–H groups in total. The minimum Gasteiger partial charge on any atom is -0.317 e. The minimum absolute atomic E-state index is 0.864. The van der Waals surface area contributed by atoms with E-state index in [0.29, 0.717) is 0 Å². The second-order valence-corrected chi connectivity index (χ2v) is 3.99. The lowest BCUT2D eigenvalue weighted by Crippen LogP contribution is -2.16. The van der Waals surface area contributed by atoms with Crippen molar-refractivity contribution in [3.8, 4) is 0 Å². The molecule has 0 heterocycles. The molecule has 0 spiro atoms. The molecule has 96 valence electrons. The molecular formula is C14H35N. The highest BCUT2D eigenvalue weighted by molar-refractivity contribution is 4.49. The molecular weight excluding hydrogens is 182 g/mol. The van der Waals surface area contributed by atoms with Crippen molar-refractivity contribution in [1.29, 1.82) is 0 Å². The van der Waals surface area contributed by atoms with Crippen LogP contribution < -0.4 is 5.32 Å². The van der Waals surface area contributed by atoms with Crippen molar-refractivity contribution < 1.29 is 0 Å². The lowest BCUT2D eigenvalue weighted by atomic mass is 10.1. The zero-order valence-electron chi connectivity index (χ0n) is 12.3. The van der Waals surface area contributed by atoms with E-state index in [9.17, 15) is 0 Å². The fourth-order valence-electron chi connectivity index (χ4n) is 0.937. The summed E-state index contributed by atoms with van der Waals surface area (Å²) in [5, 5.41) is 3.39. The molecule has 0 saturated carbocycles. The predicted molar refractivity (Wildman–Crippen MR) is 74.5 cm³/mol. The quantitative estimate of drug-likeness (QED) is 0.626. The molecule has 0 fully saturated rings. The van der Waals surface area contributed by atoms with E-state index in [1.807, 2.05) is 13.8 Å². The molecule has 1 nitrogen and oxygen atoms in total. The highest BCUT2D eigenvalue weighted by atomic mass is 14.8. The second-order valence-electron chi connectivity index (χ2n) is 3.99. The molecule has 0 radical (unpaired) electrons. The van der Waals surface area contributed by atoms with Gasteiger partial charge < -0.3 is 5.32 Å². The Morgan fingerprint density at radius 2 is 1.40 bits per heavy atom. The molecule has 0 saturated heterocycles. The Morgan fingerprint density at radius 3 is 1.73 bits per heavy atom. The van der Waals surface area contributed by atoms with Crippen LogP contribution in [0.25, 0.3) is 0 Å². The number of hydrogen-bond donors (Lipinski definition) is 1. The summed E-state index contributed by atoms with van der Waals surface area (Å²) in [6, 6.07) is 0. The summed E-state index contributed by atoms with van der Waals surface area (Å²) >= 11 is 0. The molecule has 0 unspecified atom stereocenters. The number of rotatable bonds is 6. The van der Waals surface area contributed by atoms with Gasteiger partial charge in [0.15, 0.2) is 0 Å². The Morgan fingerprint density at radius 1 is 0.933 bits per heavy atom. The van der Waals surface area contributed by atoms with Crippen LogP contribution in [0.2, 0.25) is 0 Å². The Labute approximate surface area is 99.0 Å². The maximum absolute atomic E-state index is 3.39. The first-order valence-electron chi connectivity index (χ1n) is 6.89. The first-order chi connectivity index (χ1) is 7.18. The van der Waals surface area contributed by atoms with Gasteiger partial charge in [0.05, 0.1) is 0 Å². The molecule has 15 heavy (non-hydrogen) atoms. The van der Waals surface area contributed by atoms with Crippen LogP contribution in [0.5, 0.6) is 0 Å². The highest BCUT2D eigenvalue weighted by Crippen LogP contribution is 2.01. The van der Waals surface area contributed by atoms with E-state index in [2.05, 4.69) is 39.9 Å². The van der Waals surface area contributed by atoms with E-state index in [-0.39, 0.29) is 0 Å². The fourth-order valence-corrected chi connectivity index (χ4v) is 0.937. The Kier molecular flexibility index (Phi) is 32.1. The van der Waals surface area contributed by atoms with Crippen LogP contribution in [0.4, 0.5) is 0 Å². The van der Waals surface area contributed by atoms with Gasteiger partial charge >= 0.3 is 0 Å². The summed E-state index contributed by atoms with van der Waals surface area (Å²) in [7, 11) is 0. The van der Waals surface area contributed by atoms with Gasteiger partial charge in [-0.05, 0) is 38.3 Å². The summed E-state index contributed by atoms with van der Waals surface area (Å²) in [4.78, 5) is 0. The largest absolute Gasteiger partial charge is 0.317 e. The number of hydrogen-bond acceptors (Lipinski definition) is 1. The molecule has 0 aliphatic rings. The smallest absolute Gasteiger partial charge is 0.00488 e. The molecule has 0 aliphatic heterocycles. The molecule has 1 heteroatoms. The van der Waals surface area contributed by atoms with E-state index >= 15 is 0 Å². The van der Waals surface area contributed by atoms with E-state index < -0.39 is 0 Å². The van der Waals surface area contributed by atoms with Crippen LogP contribution in [0.1, 0.15) is 74.1 Å². The molecule has 0 amide bonds. The molecule has 0 aliphatic carbocycles. The van der Waals surface area contributed by atoms with Gasteiger partial charge in [-0.2, -0.15) is 0 Å². The SMILES string of the molecule is CC.CCC.CCCNCCCC(C)C. The van der Waals surface area contributed by atoms with E-state index in [1.54, 1.807) is 0 Å². The Bertz CT molecular complexity index is 69.7. The van der Waals surface area contributed by atoms with Crippen molar-refractivity contribution >= 4 is 0 Å². The first kappa shape index (κ1) is 20.4. The van der Waals surface area contributed by atoms with E-state index in [0.717, 1.165) is 5.92 Å². The standard InChI is InChI=1S/C9H21N.C3H8.C2H6/c1-4-7-10-8-5-6-9(2)3;1-3-2;1-2/h9-10H,4-8H2,1-3H3;3H2,1-2H3;1-2H3. The summed E-state index contributed by atoms with van der Waals surface area (Å²) in [5.41, 5.74) is 0. The van der Waals surface area contributed by atoms with Crippen LogP contribution in [0.15, 0.2) is 0 Å². The Hall–Kier alpha value is -0.0400. The summed E-state index contributed by atoms with van der Waals surface area (Å²) in [6.07, 6.45) is 5.19. The molecule has 0 aromatic heterocycles. The van der Waals surface area contributed by atoms with Gasteiger partial charge in [0.25, 0.3) is 0 Å². The predicted octanol–water partition coefficient (Wildman–Crippen LogP) is 4.86. The molecule has 0 rings (SSSR count). The van der Waals surface area contributed by atoms with Crippen molar-refractivity contribution in [2.75, 3.05) is 13.1 Å². The second kappa shape index (κ2) is 23.6. The lowest BCUT2D eigenvalue weighted by Gasteiger charge is -2.04. The summed E-state index contributed by atoms with van der Waals surface area (Å²) < 4.78 is 0. The molecule has 0 bridgehead atoms. The Balaban J connectivity index is -0.000000245. The van der Waals surface area contributed by atoms with Gasteiger partial charge in [0.2, 0.25) is 0 Å². The summed E-state index contributed by atoms with van der Waals surface area (Å²) in [5.74, 6) is 0.864. The third kappa shape index (κ3) is 41.2. The van der Waals surface area contributed by atoms with E-state index in [1.165, 1.54) is 38.8 Å². The van der Waals surface area contributed by atoms with Crippen molar-refractivity contribution in [1.82, 2.24) is 5.32 Å². The van der Waals surface area contributed by atoms with Crippen LogP contribution >= 0.6 is 0 Å². The third-order valence-electron chi connectivity index (χ3n) is 1.56. The van der Waals surface area contributed by atoms with Gasteiger partial charge in [0.1, 0.15) is 0 Å². The van der Waals surface area contributed by atoms with Gasteiger partial charge in [-0.15, -0.1) is 0 Å². The molecule has 0 atom stereocenters. The molecule has 0 aromatic carbocycles. The van der Waals surface area contributed by atoms with Crippen molar-refractivity contribution in [3.63, 3.8) is 0 Å².